The lowest BCUT2D eigenvalue weighted by atomic mass is 10.1. The number of hydrogen-bond donors (Lipinski definition) is 2. The van der Waals surface area contributed by atoms with Gasteiger partial charge in [-0.25, -0.2) is 4.79 Å². The van der Waals surface area contributed by atoms with E-state index in [0.29, 0.717) is 18.7 Å². The molecule has 0 aliphatic carbocycles. The van der Waals surface area contributed by atoms with Crippen molar-refractivity contribution in [3.63, 3.8) is 0 Å². The van der Waals surface area contributed by atoms with Crippen molar-refractivity contribution in [3.05, 3.63) is 29.3 Å². The van der Waals surface area contributed by atoms with E-state index >= 15 is 0 Å². The molecule has 0 spiro atoms. The molecule has 1 heterocycles. The van der Waals surface area contributed by atoms with Gasteiger partial charge in [-0.3, -0.25) is 4.72 Å². The van der Waals surface area contributed by atoms with Gasteiger partial charge < -0.3 is 5.11 Å². The summed E-state index contributed by atoms with van der Waals surface area (Å²) in [5.74, 6) is -1.15. The molecule has 0 unspecified atom stereocenters. The number of carbonyl (C=O) groups is 1. The van der Waals surface area contributed by atoms with Gasteiger partial charge >= 0.3 is 16.2 Å². The maximum absolute atomic E-state index is 12.5. The average molecular weight is 312 g/mol. The fraction of sp³-hybridized carbons (Fsp3) is 0.500. The first-order valence-corrected chi connectivity index (χ1v) is 8.46. The van der Waals surface area contributed by atoms with Gasteiger partial charge in [0.15, 0.2) is 0 Å². The molecule has 2 rings (SSSR count). The standard InChI is InChI=1S/C14H20N2O4S/c1-11-7-6-8-12(14(17)18)13(11)15-21(19,20)16-9-4-2-3-5-10-16/h6-8,15H,2-5,9-10H2,1H3,(H,17,18). The minimum Gasteiger partial charge on any atom is -0.478 e. The van der Waals surface area contributed by atoms with Gasteiger partial charge in [0.1, 0.15) is 0 Å². The molecule has 1 saturated heterocycles. The van der Waals surface area contributed by atoms with Gasteiger partial charge in [-0.05, 0) is 31.4 Å². The topological polar surface area (TPSA) is 86.7 Å². The molecule has 0 bridgehead atoms. The van der Waals surface area contributed by atoms with E-state index in [1.807, 2.05) is 0 Å². The van der Waals surface area contributed by atoms with Crippen LogP contribution >= 0.6 is 0 Å². The fourth-order valence-corrected chi connectivity index (χ4v) is 3.85. The number of para-hydroxylation sites is 1. The Labute approximate surface area is 125 Å². The highest BCUT2D eigenvalue weighted by Gasteiger charge is 2.25. The molecule has 0 saturated carbocycles. The van der Waals surface area contributed by atoms with Crippen molar-refractivity contribution in [3.8, 4) is 0 Å². The summed E-state index contributed by atoms with van der Waals surface area (Å²) in [6.07, 6.45) is 3.72. The summed E-state index contributed by atoms with van der Waals surface area (Å²) in [4.78, 5) is 11.2. The summed E-state index contributed by atoms with van der Waals surface area (Å²) in [6, 6.07) is 4.69. The molecule has 21 heavy (non-hydrogen) atoms. The Morgan fingerprint density at radius 2 is 1.81 bits per heavy atom. The summed E-state index contributed by atoms with van der Waals surface area (Å²) in [5, 5.41) is 9.19. The molecule has 1 aliphatic rings. The highest BCUT2D eigenvalue weighted by atomic mass is 32.2. The van der Waals surface area contributed by atoms with E-state index < -0.39 is 16.2 Å². The SMILES string of the molecule is Cc1cccc(C(=O)O)c1NS(=O)(=O)N1CCCCCC1. The van der Waals surface area contributed by atoms with Gasteiger partial charge in [-0.2, -0.15) is 12.7 Å². The van der Waals surface area contributed by atoms with Crippen LogP contribution in [0, 0.1) is 6.92 Å². The van der Waals surface area contributed by atoms with E-state index in [1.54, 1.807) is 19.1 Å². The smallest absolute Gasteiger partial charge is 0.337 e. The number of nitrogens with one attached hydrogen (secondary N) is 1. The van der Waals surface area contributed by atoms with Crippen LogP contribution < -0.4 is 4.72 Å². The molecule has 1 aromatic carbocycles. The Kier molecular flexibility index (Phi) is 4.84. The third-order valence-electron chi connectivity index (χ3n) is 3.64. The second-order valence-corrected chi connectivity index (χ2v) is 6.89. The summed E-state index contributed by atoms with van der Waals surface area (Å²) in [5.41, 5.74) is 0.705. The first-order chi connectivity index (χ1) is 9.92. The monoisotopic (exact) mass is 312 g/mol. The maximum atomic E-state index is 12.5. The zero-order chi connectivity index (χ0) is 15.5. The van der Waals surface area contributed by atoms with Gasteiger partial charge in [-0.15, -0.1) is 0 Å². The van der Waals surface area contributed by atoms with Crippen LogP contribution in [-0.4, -0.2) is 36.9 Å². The van der Waals surface area contributed by atoms with Crippen LogP contribution in [0.5, 0.6) is 0 Å². The van der Waals surface area contributed by atoms with Crippen molar-refractivity contribution >= 4 is 21.9 Å². The summed E-state index contributed by atoms with van der Waals surface area (Å²) in [7, 11) is -3.72. The van der Waals surface area contributed by atoms with Crippen molar-refractivity contribution in [2.24, 2.45) is 0 Å². The van der Waals surface area contributed by atoms with E-state index in [2.05, 4.69) is 4.72 Å². The Bertz CT molecular complexity index is 620. The van der Waals surface area contributed by atoms with Crippen molar-refractivity contribution < 1.29 is 18.3 Å². The molecule has 1 aromatic rings. The van der Waals surface area contributed by atoms with Crippen LogP contribution in [0.4, 0.5) is 5.69 Å². The summed E-state index contributed by atoms with van der Waals surface area (Å²) in [6.45, 7) is 2.64. The van der Waals surface area contributed by atoms with Crippen LogP contribution in [0.15, 0.2) is 18.2 Å². The Hall–Kier alpha value is -1.60. The largest absolute Gasteiger partial charge is 0.478 e. The predicted molar refractivity (Wildman–Crippen MR) is 80.7 cm³/mol. The third-order valence-corrected chi connectivity index (χ3v) is 5.15. The predicted octanol–water partition coefficient (Wildman–Crippen LogP) is 2.23. The van der Waals surface area contributed by atoms with Crippen molar-refractivity contribution in [2.45, 2.75) is 32.6 Å². The van der Waals surface area contributed by atoms with Gasteiger partial charge in [0.2, 0.25) is 0 Å². The summed E-state index contributed by atoms with van der Waals surface area (Å²) >= 11 is 0. The maximum Gasteiger partial charge on any atom is 0.337 e. The highest BCUT2D eigenvalue weighted by molar-refractivity contribution is 7.90. The lowest BCUT2D eigenvalue weighted by Gasteiger charge is -2.22. The molecular weight excluding hydrogens is 292 g/mol. The second-order valence-electron chi connectivity index (χ2n) is 5.22. The van der Waals surface area contributed by atoms with E-state index in [-0.39, 0.29) is 11.3 Å². The number of hydrogen-bond acceptors (Lipinski definition) is 3. The summed E-state index contributed by atoms with van der Waals surface area (Å²) < 4.78 is 28.8. The lowest BCUT2D eigenvalue weighted by molar-refractivity contribution is 0.0698. The number of aryl methyl sites for hydroxylation is 1. The van der Waals surface area contributed by atoms with Crippen LogP contribution in [0.2, 0.25) is 0 Å². The lowest BCUT2D eigenvalue weighted by Crippen LogP contribution is -2.37. The normalized spacial score (nSPS) is 17.2. The van der Waals surface area contributed by atoms with E-state index in [9.17, 15) is 18.3 Å². The number of carboxylic acids is 1. The Morgan fingerprint density at radius 1 is 1.19 bits per heavy atom. The molecule has 0 atom stereocenters. The average Bonchev–Trinajstić information content (AvgIpc) is 2.70. The number of benzene rings is 1. The first kappa shape index (κ1) is 15.8. The molecular formula is C14H20N2O4S. The van der Waals surface area contributed by atoms with Gasteiger partial charge in [0.05, 0.1) is 11.3 Å². The molecule has 1 aliphatic heterocycles. The second kappa shape index (κ2) is 6.44. The van der Waals surface area contributed by atoms with Gasteiger partial charge in [0.25, 0.3) is 0 Å². The number of rotatable bonds is 4. The zero-order valence-corrected chi connectivity index (χ0v) is 12.8. The Morgan fingerprint density at radius 3 is 2.38 bits per heavy atom. The van der Waals surface area contributed by atoms with Crippen molar-refractivity contribution in [1.29, 1.82) is 0 Å². The first-order valence-electron chi connectivity index (χ1n) is 7.02. The number of aromatic carboxylic acids is 1. The molecule has 116 valence electrons. The number of carboxylic acid groups (broad SMARTS) is 1. The number of nitrogens with zero attached hydrogens (tertiary/aromatic N) is 1. The van der Waals surface area contributed by atoms with Gasteiger partial charge in [0, 0.05) is 13.1 Å². The molecule has 0 amide bonds. The fourth-order valence-electron chi connectivity index (χ4n) is 2.46. The molecule has 0 radical (unpaired) electrons. The highest BCUT2D eigenvalue weighted by Crippen LogP contribution is 2.23. The minimum atomic E-state index is -3.72. The van der Waals surface area contributed by atoms with Crippen molar-refractivity contribution in [2.75, 3.05) is 17.8 Å². The quantitative estimate of drug-likeness (QED) is 0.892. The Balaban J connectivity index is 2.30. The van der Waals surface area contributed by atoms with Crippen LogP contribution in [-0.2, 0) is 10.2 Å². The minimum absolute atomic E-state index is 0.0339. The molecule has 2 N–H and O–H groups in total. The molecule has 1 fully saturated rings. The zero-order valence-electron chi connectivity index (χ0n) is 12.0. The number of anilines is 1. The van der Waals surface area contributed by atoms with Gasteiger partial charge in [-0.1, -0.05) is 25.0 Å². The molecule has 6 nitrogen and oxygen atoms in total. The molecule has 0 aromatic heterocycles. The van der Waals surface area contributed by atoms with Crippen LogP contribution in [0.3, 0.4) is 0 Å². The van der Waals surface area contributed by atoms with E-state index in [4.69, 9.17) is 0 Å². The van der Waals surface area contributed by atoms with E-state index in [0.717, 1.165) is 25.7 Å². The molecule has 7 heteroatoms. The van der Waals surface area contributed by atoms with Crippen LogP contribution in [0.25, 0.3) is 0 Å². The van der Waals surface area contributed by atoms with Crippen LogP contribution in [0.1, 0.15) is 41.6 Å². The van der Waals surface area contributed by atoms with Crippen molar-refractivity contribution in [1.82, 2.24) is 4.31 Å². The van der Waals surface area contributed by atoms with E-state index in [1.165, 1.54) is 10.4 Å². The third kappa shape index (κ3) is 3.74.